The van der Waals surface area contributed by atoms with E-state index < -0.39 is 0 Å². The Bertz CT molecular complexity index is 435. The molecule has 16 heavy (non-hydrogen) atoms. The number of hydrogen-bond acceptors (Lipinski definition) is 3. The van der Waals surface area contributed by atoms with Gasteiger partial charge in [-0.3, -0.25) is 0 Å². The van der Waals surface area contributed by atoms with Crippen LogP contribution in [0.15, 0.2) is 22.7 Å². The molecule has 0 saturated carbocycles. The van der Waals surface area contributed by atoms with Gasteiger partial charge in [-0.05, 0) is 30.7 Å². The molecule has 0 atom stereocenters. The second-order valence-electron chi connectivity index (χ2n) is 4.20. The zero-order valence-corrected chi connectivity index (χ0v) is 10.7. The molecule has 1 aliphatic rings. The van der Waals surface area contributed by atoms with Gasteiger partial charge in [-0.25, -0.2) is 0 Å². The second kappa shape index (κ2) is 4.44. The number of benzene rings is 1. The molecule has 0 amide bonds. The van der Waals surface area contributed by atoms with E-state index in [0.717, 1.165) is 10.2 Å². The maximum atomic E-state index is 9.05. The Morgan fingerprint density at radius 3 is 2.81 bits per heavy atom. The lowest BCUT2D eigenvalue weighted by molar-refractivity contribution is -0.0690. The third-order valence-electron chi connectivity index (χ3n) is 2.80. The number of rotatable bonds is 3. The fourth-order valence-corrected chi connectivity index (χ4v) is 2.12. The van der Waals surface area contributed by atoms with Gasteiger partial charge in [-0.2, -0.15) is 5.26 Å². The van der Waals surface area contributed by atoms with Crippen LogP contribution in [0.2, 0.25) is 0 Å². The van der Waals surface area contributed by atoms with Crippen LogP contribution in [0.3, 0.4) is 0 Å². The van der Waals surface area contributed by atoms with Crippen molar-refractivity contribution in [3.05, 3.63) is 28.2 Å². The minimum absolute atomic E-state index is 0.334. The molecule has 0 bridgehead atoms. The highest BCUT2D eigenvalue weighted by Crippen LogP contribution is 2.28. The minimum Gasteiger partial charge on any atom is -0.383 e. The van der Waals surface area contributed by atoms with Crippen LogP contribution in [0, 0.1) is 23.7 Å². The van der Waals surface area contributed by atoms with Crippen molar-refractivity contribution < 1.29 is 4.74 Å². The zero-order valence-electron chi connectivity index (χ0n) is 9.09. The Balaban J connectivity index is 2.02. The van der Waals surface area contributed by atoms with Gasteiger partial charge in [-0.1, -0.05) is 15.9 Å². The van der Waals surface area contributed by atoms with Gasteiger partial charge in [0.1, 0.15) is 5.41 Å². The summed E-state index contributed by atoms with van der Waals surface area (Å²) in [5.41, 5.74) is 1.91. The van der Waals surface area contributed by atoms with E-state index >= 15 is 0 Å². The molecule has 0 radical (unpaired) electrons. The van der Waals surface area contributed by atoms with Gasteiger partial charge in [0.15, 0.2) is 0 Å². The third kappa shape index (κ3) is 2.21. The molecular formula is C12H13BrN2O. The third-order valence-corrected chi connectivity index (χ3v) is 3.29. The van der Waals surface area contributed by atoms with Gasteiger partial charge in [0.2, 0.25) is 0 Å². The summed E-state index contributed by atoms with van der Waals surface area (Å²) in [6, 6.07) is 8.38. The Morgan fingerprint density at radius 2 is 2.31 bits per heavy atom. The highest BCUT2D eigenvalue weighted by atomic mass is 79.9. The predicted octanol–water partition coefficient (Wildman–Crippen LogP) is 2.71. The van der Waals surface area contributed by atoms with Crippen molar-refractivity contribution in [2.45, 2.75) is 6.92 Å². The summed E-state index contributed by atoms with van der Waals surface area (Å²) in [5.74, 6) is 0. The second-order valence-corrected chi connectivity index (χ2v) is 5.11. The monoisotopic (exact) mass is 280 g/mol. The number of hydrogen-bond donors (Lipinski definition) is 1. The van der Waals surface area contributed by atoms with E-state index in [2.05, 4.69) is 33.4 Å². The molecule has 1 aromatic carbocycles. The number of nitrogens with zero attached hydrogens (tertiary/aromatic N) is 1. The first kappa shape index (κ1) is 11.4. The van der Waals surface area contributed by atoms with Crippen molar-refractivity contribution >= 4 is 21.6 Å². The van der Waals surface area contributed by atoms with Crippen molar-refractivity contribution in [2.24, 2.45) is 5.41 Å². The summed E-state index contributed by atoms with van der Waals surface area (Å²) in [7, 11) is 0. The number of halogens is 1. The number of aryl methyl sites for hydroxylation is 1. The summed E-state index contributed by atoms with van der Waals surface area (Å²) in [5, 5.41) is 12.4. The Hall–Kier alpha value is -1.05. The summed E-state index contributed by atoms with van der Waals surface area (Å²) in [6.45, 7) is 3.76. The van der Waals surface area contributed by atoms with E-state index in [4.69, 9.17) is 10.00 Å². The van der Waals surface area contributed by atoms with Crippen molar-refractivity contribution in [3.8, 4) is 6.07 Å². The minimum atomic E-state index is -0.334. The van der Waals surface area contributed by atoms with Gasteiger partial charge in [-0.15, -0.1) is 0 Å². The van der Waals surface area contributed by atoms with Crippen LogP contribution in [0.25, 0.3) is 0 Å². The topological polar surface area (TPSA) is 45.0 Å². The quantitative estimate of drug-likeness (QED) is 0.926. The standard InChI is InChI=1S/C12H13BrN2O/c1-9-4-10(13)2-3-11(9)15-6-12(5-14)7-16-8-12/h2-4,15H,6-8H2,1H3. The van der Waals surface area contributed by atoms with Crippen LogP contribution >= 0.6 is 15.9 Å². The lowest BCUT2D eigenvalue weighted by Crippen LogP contribution is -2.46. The number of anilines is 1. The van der Waals surface area contributed by atoms with Gasteiger partial charge in [0.05, 0.1) is 19.3 Å². The van der Waals surface area contributed by atoms with Crippen molar-refractivity contribution in [1.29, 1.82) is 5.26 Å². The molecule has 1 heterocycles. The first-order valence-corrected chi connectivity index (χ1v) is 5.94. The van der Waals surface area contributed by atoms with Crippen molar-refractivity contribution in [2.75, 3.05) is 25.1 Å². The molecule has 3 nitrogen and oxygen atoms in total. The molecule has 0 spiro atoms. The van der Waals surface area contributed by atoms with Crippen LogP contribution in [0.4, 0.5) is 5.69 Å². The first-order valence-electron chi connectivity index (χ1n) is 5.14. The van der Waals surface area contributed by atoms with Crippen LogP contribution in [0.5, 0.6) is 0 Å². The molecule has 84 valence electrons. The average molecular weight is 281 g/mol. The van der Waals surface area contributed by atoms with Gasteiger partial charge in [0.25, 0.3) is 0 Å². The number of ether oxygens (including phenoxy) is 1. The summed E-state index contributed by atoms with van der Waals surface area (Å²) < 4.78 is 6.16. The van der Waals surface area contributed by atoms with Crippen LogP contribution in [0.1, 0.15) is 5.56 Å². The fraction of sp³-hybridized carbons (Fsp3) is 0.417. The molecule has 1 N–H and O–H groups in total. The first-order chi connectivity index (χ1) is 7.65. The number of nitriles is 1. The molecule has 1 fully saturated rings. The maximum Gasteiger partial charge on any atom is 0.121 e. The molecule has 1 aromatic rings. The predicted molar refractivity (Wildman–Crippen MR) is 66.2 cm³/mol. The van der Waals surface area contributed by atoms with E-state index in [9.17, 15) is 0 Å². The normalized spacial score (nSPS) is 17.3. The highest BCUT2D eigenvalue weighted by Gasteiger charge is 2.38. The van der Waals surface area contributed by atoms with E-state index in [-0.39, 0.29) is 5.41 Å². The van der Waals surface area contributed by atoms with Gasteiger partial charge >= 0.3 is 0 Å². The van der Waals surface area contributed by atoms with E-state index in [0.29, 0.717) is 19.8 Å². The SMILES string of the molecule is Cc1cc(Br)ccc1NCC1(C#N)COC1. The lowest BCUT2D eigenvalue weighted by Gasteiger charge is -2.35. The number of nitrogens with one attached hydrogen (secondary N) is 1. The molecule has 2 rings (SSSR count). The van der Waals surface area contributed by atoms with E-state index in [1.807, 2.05) is 19.1 Å². The van der Waals surface area contributed by atoms with Gasteiger partial charge < -0.3 is 10.1 Å². The summed E-state index contributed by atoms with van der Waals surface area (Å²) in [4.78, 5) is 0. The largest absolute Gasteiger partial charge is 0.383 e. The molecule has 1 saturated heterocycles. The molecule has 0 aromatic heterocycles. The van der Waals surface area contributed by atoms with Crippen LogP contribution < -0.4 is 5.32 Å². The van der Waals surface area contributed by atoms with Crippen molar-refractivity contribution in [1.82, 2.24) is 0 Å². The van der Waals surface area contributed by atoms with E-state index in [1.54, 1.807) is 0 Å². The molecule has 0 aliphatic carbocycles. The lowest BCUT2D eigenvalue weighted by atomic mass is 9.88. The van der Waals surface area contributed by atoms with Crippen molar-refractivity contribution in [3.63, 3.8) is 0 Å². The maximum absolute atomic E-state index is 9.05. The Morgan fingerprint density at radius 1 is 1.56 bits per heavy atom. The smallest absolute Gasteiger partial charge is 0.121 e. The van der Waals surface area contributed by atoms with Gasteiger partial charge in [0, 0.05) is 16.7 Å². The van der Waals surface area contributed by atoms with Crippen LogP contribution in [-0.4, -0.2) is 19.8 Å². The molecule has 0 unspecified atom stereocenters. The Kier molecular flexibility index (Phi) is 3.17. The van der Waals surface area contributed by atoms with E-state index in [1.165, 1.54) is 5.56 Å². The molecular weight excluding hydrogens is 268 g/mol. The highest BCUT2D eigenvalue weighted by molar-refractivity contribution is 9.10. The Labute approximate surface area is 104 Å². The average Bonchev–Trinajstić information content (AvgIpc) is 2.19. The summed E-state index contributed by atoms with van der Waals surface area (Å²) in [6.07, 6.45) is 0. The fourth-order valence-electron chi connectivity index (χ4n) is 1.64. The molecule has 4 heteroatoms. The molecule has 1 aliphatic heterocycles. The summed E-state index contributed by atoms with van der Waals surface area (Å²) >= 11 is 3.43. The zero-order chi connectivity index (χ0) is 11.6. The van der Waals surface area contributed by atoms with Crippen LogP contribution in [-0.2, 0) is 4.74 Å².